The summed E-state index contributed by atoms with van der Waals surface area (Å²) in [6.45, 7) is 5.54. The van der Waals surface area contributed by atoms with Gasteiger partial charge in [0.05, 0.1) is 5.56 Å². The first-order valence-corrected chi connectivity index (χ1v) is 5.89. The molecule has 0 fully saturated rings. The minimum absolute atomic E-state index is 0.342. The standard InChI is InChI=1S/C15H17NO2/c1-15(2,3)18-14(17)11-8-4-6-10-7-5-9-12(16)13(10)11/h4-9H,16H2,1-3H3. The summed E-state index contributed by atoms with van der Waals surface area (Å²) >= 11 is 0. The predicted octanol–water partition coefficient (Wildman–Crippen LogP) is 3.38. The molecule has 94 valence electrons. The molecule has 0 radical (unpaired) electrons. The second kappa shape index (κ2) is 4.33. The van der Waals surface area contributed by atoms with Crippen molar-refractivity contribution in [2.24, 2.45) is 0 Å². The first kappa shape index (κ1) is 12.4. The highest BCUT2D eigenvalue weighted by Crippen LogP contribution is 2.26. The predicted molar refractivity (Wildman–Crippen MR) is 73.5 cm³/mol. The molecule has 2 aromatic carbocycles. The van der Waals surface area contributed by atoms with Gasteiger partial charge in [0.25, 0.3) is 0 Å². The van der Waals surface area contributed by atoms with Gasteiger partial charge in [-0.3, -0.25) is 0 Å². The SMILES string of the molecule is CC(C)(C)OC(=O)c1cccc2cccc(N)c12. The van der Waals surface area contributed by atoms with Crippen LogP contribution in [0, 0.1) is 0 Å². The molecule has 0 aliphatic heterocycles. The Morgan fingerprint density at radius 3 is 2.33 bits per heavy atom. The van der Waals surface area contributed by atoms with Gasteiger partial charge in [0, 0.05) is 11.1 Å². The Hall–Kier alpha value is -2.03. The molecule has 0 aliphatic carbocycles. The van der Waals surface area contributed by atoms with Gasteiger partial charge in [-0.05, 0) is 38.3 Å². The average Bonchev–Trinajstić information content (AvgIpc) is 2.26. The van der Waals surface area contributed by atoms with E-state index in [0.29, 0.717) is 11.3 Å². The Kier molecular flexibility index (Phi) is 2.99. The lowest BCUT2D eigenvalue weighted by molar-refractivity contribution is 0.00719. The molecule has 2 N–H and O–H groups in total. The van der Waals surface area contributed by atoms with E-state index < -0.39 is 5.60 Å². The van der Waals surface area contributed by atoms with E-state index >= 15 is 0 Å². The van der Waals surface area contributed by atoms with E-state index in [4.69, 9.17) is 10.5 Å². The molecule has 0 atom stereocenters. The molecule has 0 heterocycles. The van der Waals surface area contributed by atoms with Gasteiger partial charge in [-0.25, -0.2) is 4.79 Å². The van der Waals surface area contributed by atoms with Gasteiger partial charge >= 0.3 is 5.97 Å². The van der Waals surface area contributed by atoms with E-state index in [2.05, 4.69) is 0 Å². The zero-order chi connectivity index (χ0) is 13.3. The molecular formula is C15H17NO2. The van der Waals surface area contributed by atoms with Crippen molar-refractivity contribution in [3.63, 3.8) is 0 Å². The highest BCUT2D eigenvalue weighted by molar-refractivity contribution is 6.09. The van der Waals surface area contributed by atoms with Crippen molar-refractivity contribution >= 4 is 22.4 Å². The second-order valence-corrected chi connectivity index (χ2v) is 5.25. The number of ether oxygens (including phenoxy) is 1. The zero-order valence-corrected chi connectivity index (χ0v) is 10.9. The number of carbonyl (C=O) groups excluding carboxylic acids is 1. The maximum absolute atomic E-state index is 12.1. The Morgan fingerprint density at radius 1 is 1.11 bits per heavy atom. The molecular weight excluding hydrogens is 226 g/mol. The molecule has 3 heteroatoms. The maximum Gasteiger partial charge on any atom is 0.339 e. The highest BCUT2D eigenvalue weighted by atomic mass is 16.6. The van der Waals surface area contributed by atoms with E-state index in [1.165, 1.54) is 0 Å². The van der Waals surface area contributed by atoms with Gasteiger partial charge in [0.1, 0.15) is 5.60 Å². The van der Waals surface area contributed by atoms with Crippen LogP contribution in [0.4, 0.5) is 5.69 Å². The smallest absolute Gasteiger partial charge is 0.339 e. The van der Waals surface area contributed by atoms with Crippen LogP contribution in [-0.4, -0.2) is 11.6 Å². The van der Waals surface area contributed by atoms with Gasteiger partial charge in [-0.2, -0.15) is 0 Å². The van der Waals surface area contributed by atoms with Gasteiger partial charge in [-0.1, -0.05) is 24.3 Å². The quantitative estimate of drug-likeness (QED) is 0.617. The molecule has 0 unspecified atom stereocenters. The second-order valence-electron chi connectivity index (χ2n) is 5.25. The zero-order valence-electron chi connectivity index (χ0n) is 10.9. The van der Waals surface area contributed by atoms with Crippen LogP contribution in [0.1, 0.15) is 31.1 Å². The number of fused-ring (bicyclic) bond motifs is 1. The number of benzene rings is 2. The number of nitrogen functional groups attached to an aromatic ring is 1. The van der Waals surface area contributed by atoms with Crippen molar-refractivity contribution in [3.8, 4) is 0 Å². The minimum atomic E-state index is -0.511. The van der Waals surface area contributed by atoms with Crippen LogP contribution in [-0.2, 0) is 4.74 Å². The van der Waals surface area contributed by atoms with Crippen molar-refractivity contribution in [2.75, 3.05) is 5.73 Å². The van der Waals surface area contributed by atoms with E-state index in [1.54, 1.807) is 12.1 Å². The molecule has 0 amide bonds. The summed E-state index contributed by atoms with van der Waals surface area (Å²) < 4.78 is 5.39. The fourth-order valence-electron chi connectivity index (χ4n) is 1.87. The molecule has 0 aromatic heterocycles. The van der Waals surface area contributed by atoms with E-state index in [-0.39, 0.29) is 5.97 Å². The first-order valence-electron chi connectivity index (χ1n) is 5.89. The van der Waals surface area contributed by atoms with Crippen molar-refractivity contribution in [1.82, 2.24) is 0 Å². The third-order valence-electron chi connectivity index (χ3n) is 2.56. The average molecular weight is 243 g/mol. The summed E-state index contributed by atoms with van der Waals surface area (Å²) in [6.07, 6.45) is 0. The lowest BCUT2D eigenvalue weighted by Crippen LogP contribution is -2.24. The van der Waals surface area contributed by atoms with E-state index in [0.717, 1.165) is 10.8 Å². The Balaban J connectivity index is 2.55. The molecule has 0 aliphatic rings. The van der Waals surface area contributed by atoms with Crippen molar-refractivity contribution in [2.45, 2.75) is 26.4 Å². The fraction of sp³-hybridized carbons (Fsp3) is 0.267. The summed E-state index contributed by atoms with van der Waals surface area (Å²) in [5.74, 6) is -0.342. The summed E-state index contributed by atoms with van der Waals surface area (Å²) in [4.78, 5) is 12.1. The van der Waals surface area contributed by atoms with E-state index in [9.17, 15) is 4.79 Å². The molecule has 2 aromatic rings. The number of nitrogens with two attached hydrogens (primary N) is 1. The van der Waals surface area contributed by atoms with E-state index in [1.807, 2.05) is 45.0 Å². The molecule has 0 spiro atoms. The highest BCUT2D eigenvalue weighted by Gasteiger charge is 2.20. The maximum atomic E-state index is 12.1. The molecule has 0 bridgehead atoms. The monoisotopic (exact) mass is 243 g/mol. The van der Waals surface area contributed by atoms with Crippen LogP contribution in [0.5, 0.6) is 0 Å². The Labute approximate surface area is 107 Å². The third kappa shape index (κ3) is 2.45. The lowest BCUT2D eigenvalue weighted by Gasteiger charge is -2.20. The number of hydrogen-bond donors (Lipinski definition) is 1. The van der Waals surface area contributed by atoms with Gasteiger partial charge in [0.15, 0.2) is 0 Å². The van der Waals surface area contributed by atoms with Crippen LogP contribution < -0.4 is 5.73 Å². The summed E-state index contributed by atoms with van der Waals surface area (Å²) in [5.41, 5.74) is 6.55. The van der Waals surface area contributed by atoms with Gasteiger partial charge in [0.2, 0.25) is 0 Å². The van der Waals surface area contributed by atoms with Crippen LogP contribution in [0.2, 0.25) is 0 Å². The Morgan fingerprint density at radius 2 is 1.72 bits per heavy atom. The first-order chi connectivity index (χ1) is 8.38. The molecule has 0 saturated carbocycles. The molecule has 3 nitrogen and oxygen atoms in total. The Bertz CT molecular complexity index is 592. The van der Waals surface area contributed by atoms with Gasteiger partial charge in [-0.15, -0.1) is 0 Å². The number of esters is 1. The summed E-state index contributed by atoms with van der Waals surface area (Å²) in [7, 11) is 0. The summed E-state index contributed by atoms with van der Waals surface area (Å²) in [6, 6.07) is 11.1. The largest absolute Gasteiger partial charge is 0.456 e. The van der Waals surface area contributed by atoms with Crippen molar-refractivity contribution < 1.29 is 9.53 Å². The van der Waals surface area contributed by atoms with Crippen LogP contribution in [0.3, 0.4) is 0 Å². The summed E-state index contributed by atoms with van der Waals surface area (Å²) in [5, 5.41) is 1.70. The number of hydrogen-bond acceptors (Lipinski definition) is 3. The third-order valence-corrected chi connectivity index (χ3v) is 2.56. The van der Waals surface area contributed by atoms with Crippen molar-refractivity contribution in [3.05, 3.63) is 42.0 Å². The lowest BCUT2D eigenvalue weighted by atomic mass is 10.0. The molecule has 18 heavy (non-hydrogen) atoms. The topological polar surface area (TPSA) is 52.3 Å². The number of anilines is 1. The fourth-order valence-corrected chi connectivity index (χ4v) is 1.87. The number of rotatable bonds is 1. The molecule has 0 saturated heterocycles. The van der Waals surface area contributed by atoms with Crippen LogP contribution in [0.15, 0.2) is 36.4 Å². The minimum Gasteiger partial charge on any atom is -0.456 e. The normalized spacial score (nSPS) is 11.5. The number of carbonyl (C=O) groups is 1. The van der Waals surface area contributed by atoms with Crippen LogP contribution in [0.25, 0.3) is 10.8 Å². The molecule has 2 rings (SSSR count). The van der Waals surface area contributed by atoms with Crippen molar-refractivity contribution in [1.29, 1.82) is 0 Å². The van der Waals surface area contributed by atoms with Crippen LogP contribution >= 0.6 is 0 Å². The van der Waals surface area contributed by atoms with Gasteiger partial charge < -0.3 is 10.5 Å².